The third kappa shape index (κ3) is 30.3. The lowest BCUT2D eigenvalue weighted by molar-refractivity contribution is -0.122. The van der Waals surface area contributed by atoms with E-state index in [4.69, 9.17) is 0 Å². The number of aliphatic hydroxyl groups is 1. The fourth-order valence-corrected chi connectivity index (χ4v) is 5.96. The van der Waals surface area contributed by atoms with Crippen LogP contribution < -0.4 is 5.32 Å². The quantitative estimate of drug-likeness (QED) is 0.0410. The molecule has 0 saturated carbocycles. The molecule has 3 N–H and O–H groups in total. The standard InChI is InChI=1S/C35H67NO5S/c1-3-5-7-9-11-13-15-16-17-18-19-20-21-23-25-27-29-31-35(38)36-33(32-42(39,40)41)34(37)30-28-26-24-22-14-12-10-8-6-4-2/h14,22,28,30,33-34,37H,3-13,15-21,23-27,29,31-32H2,1-2H3,(H,36,38)(H,39,40,41)/b22-14+,30-28+. The van der Waals surface area contributed by atoms with Gasteiger partial charge in [0.2, 0.25) is 5.91 Å². The molecule has 0 saturated heterocycles. The van der Waals surface area contributed by atoms with E-state index in [0.717, 1.165) is 32.1 Å². The minimum absolute atomic E-state index is 0.289. The first-order chi connectivity index (χ1) is 20.3. The molecule has 0 aliphatic rings. The van der Waals surface area contributed by atoms with E-state index < -0.39 is 28.0 Å². The van der Waals surface area contributed by atoms with Gasteiger partial charge in [-0.05, 0) is 32.1 Å². The molecule has 0 aromatic heterocycles. The molecule has 1 amide bonds. The minimum atomic E-state index is -4.34. The largest absolute Gasteiger partial charge is 0.387 e. The molecule has 0 aromatic carbocycles. The molecule has 0 fully saturated rings. The van der Waals surface area contributed by atoms with Gasteiger partial charge in [-0.25, -0.2) is 0 Å². The van der Waals surface area contributed by atoms with Gasteiger partial charge in [-0.1, -0.05) is 160 Å². The summed E-state index contributed by atoms with van der Waals surface area (Å²) >= 11 is 0. The van der Waals surface area contributed by atoms with Crippen LogP contribution >= 0.6 is 0 Å². The molecule has 0 aromatic rings. The highest BCUT2D eigenvalue weighted by atomic mass is 32.2. The van der Waals surface area contributed by atoms with Crippen LogP contribution in [0.2, 0.25) is 0 Å². The molecule has 2 atom stereocenters. The Balaban J connectivity index is 3.96. The van der Waals surface area contributed by atoms with Crippen molar-refractivity contribution in [1.29, 1.82) is 0 Å². The predicted molar refractivity (Wildman–Crippen MR) is 179 cm³/mol. The third-order valence-corrected chi connectivity index (χ3v) is 8.66. The minimum Gasteiger partial charge on any atom is -0.387 e. The molecule has 0 aliphatic heterocycles. The Bertz CT molecular complexity index is 765. The molecular formula is C35H67NO5S. The third-order valence-electron chi connectivity index (χ3n) is 7.88. The number of unbranched alkanes of at least 4 members (excludes halogenated alkanes) is 21. The molecule has 0 aliphatic carbocycles. The van der Waals surface area contributed by atoms with Crippen LogP contribution in [-0.2, 0) is 14.9 Å². The molecule has 0 rings (SSSR count). The molecule has 248 valence electrons. The maximum atomic E-state index is 12.4. The van der Waals surface area contributed by atoms with Crippen molar-refractivity contribution in [3.05, 3.63) is 24.3 Å². The number of hydrogen-bond donors (Lipinski definition) is 3. The Hall–Kier alpha value is -1.18. The van der Waals surface area contributed by atoms with E-state index in [2.05, 4.69) is 31.3 Å². The smallest absolute Gasteiger partial charge is 0.267 e. The zero-order valence-electron chi connectivity index (χ0n) is 27.4. The van der Waals surface area contributed by atoms with Gasteiger partial charge in [0, 0.05) is 6.42 Å². The van der Waals surface area contributed by atoms with E-state index in [-0.39, 0.29) is 5.91 Å². The van der Waals surface area contributed by atoms with Crippen LogP contribution in [0.4, 0.5) is 0 Å². The first-order valence-electron chi connectivity index (χ1n) is 17.5. The molecule has 0 radical (unpaired) electrons. The molecule has 0 heterocycles. The summed E-state index contributed by atoms with van der Waals surface area (Å²) in [6.45, 7) is 4.46. The molecular weight excluding hydrogens is 546 g/mol. The SMILES string of the molecule is CCCCCC/C=C/CC/C=C/C(O)C(CS(=O)(=O)O)NC(=O)CCCCCCCCCCCCCCCCCCC. The molecule has 42 heavy (non-hydrogen) atoms. The summed E-state index contributed by atoms with van der Waals surface area (Å²) in [5, 5.41) is 13.1. The van der Waals surface area contributed by atoms with Crippen LogP contribution in [0.3, 0.4) is 0 Å². The second-order valence-corrected chi connectivity index (χ2v) is 13.6. The number of allylic oxidation sites excluding steroid dienone is 3. The van der Waals surface area contributed by atoms with E-state index in [1.807, 2.05) is 0 Å². The van der Waals surface area contributed by atoms with Crippen molar-refractivity contribution in [2.75, 3.05) is 5.75 Å². The Morgan fingerprint density at radius 1 is 0.619 bits per heavy atom. The van der Waals surface area contributed by atoms with Crippen molar-refractivity contribution in [1.82, 2.24) is 5.32 Å². The normalized spacial score (nSPS) is 13.7. The predicted octanol–water partition coefficient (Wildman–Crippen LogP) is 9.62. The highest BCUT2D eigenvalue weighted by Crippen LogP contribution is 2.14. The summed E-state index contributed by atoms with van der Waals surface area (Å²) in [5.41, 5.74) is 0. The summed E-state index contributed by atoms with van der Waals surface area (Å²) in [5.74, 6) is -0.996. The molecule has 7 heteroatoms. The summed E-state index contributed by atoms with van der Waals surface area (Å²) in [4.78, 5) is 12.4. The van der Waals surface area contributed by atoms with Crippen LogP contribution in [0.15, 0.2) is 24.3 Å². The average Bonchev–Trinajstić information content (AvgIpc) is 2.94. The number of amides is 1. The van der Waals surface area contributed by atoms with Crippen LogP contribution in [-0.4, -0.2) is 41.9 Å². The second kappa shape index (κ2) is 29.9. The van der Waals surface area contributed by atoms with Gasteiger partial charge in [-0.3, -0.25) is 9.35 Å². The fourth-order valence-electron chi connectivity index (χ4n) is 5.23. The Labute approximate surface area is 260 Å². The van der Waals surface area contributed by atoms with Crippen molar-refractivity contribution in [2.45, 2.75) is 187 Å². The van der Waals surface area contributed by atoms with Crippen molar-refractivity contribution in [3.63, 3.8) is 0 Å². The van der Waals surface area contributed by atoms with E-state index in [1.54, 1.807) is 6.08 Å². The fraction of sp³-hybridized carbons (Fsp3) is 0.857. The molecule has 2 unspecified atom stereocenters. The monoisotopic (exact) mass is 613 g/mol. The number of nitrogens with one attached hydrogen (secondary N) is 1. The van der Waals surface area contributed by atoms with Crippen LogP contribution in [0.25, 0.3) is 0 Å². The van der Waals surface area contributed by atoms with E-state index in [0.29, 0.717) is 12.8 Å². The highest BCUT2D eigenvalue weighted by molar-refractivity contribution is 7.85. The van der Waals surface area contributed by atoms with Gasteiger partial charge < -0.3 is 10.4 Å². The zero-order valence-corrected chi connectivity index (χ0v) is 28.2. The first kappa shape index (κ1) is 40.8. The first-order valence-corrected chi connectivity index (χ1v) is 19.1. The Morgan fingerprint density at radius 2 is 1.02 bits per heavy atom. The van der Waals surface area contributed by atoms with E-state index >= 15 is 0 Å². The number of carbonyl (C=O) groups excluding carboxylic acids is 1. The Morgan fingerprint density at radius 3 is 1.50 bits per heavy atom. The van der Waals surface area contributed by atoms with E-state index in [1.165, 1.54) is 122 Å². The van der Waals surface area contributed by atoms with Crippen molar-refractivity contribution in [2.24, 2.45) is 0 Å². The lowest BCUT2D eigenvalue weighted by Gasteiger charge is -2.21. The van der Waals surface area contributed by atoms with Gasteiger partial charge in [0.1, 0.15) is 0 Å². The summed E-state index contributed by atoms with van der Waals surface area (Å²) in [7, 11) is -4.34. The van der Waals surface area contributed by atoms with Gasteiger partial charge >= 0.3 is 0 Å². The van der Waals surface area contributed by atoms with Crippen molar-refractivity contribution < 1.29 is 22.9 Å². The highest BCUT2D eigenvalue weighted by Gasteiger charge is 2.24. The van der Waals surface area contributed by atoms with Gasteiger partial charge in [0.05, 0.1) is 17.9 Å². The molecule has 0 spiro atoms. The maximum absolute atomic E-state index is 12.4. The average molecular weight is 614 g/mol. The van der Waals surface area contributed by atoms with Crippen molar-refractivity contribution >= 4 is 16.0 Å². The molecule has 6 nitrogen and oxygen atoms in total. The summed E-state index contributed by atoms with van der Waals surface area (Å²) in [6.07, 6.45) is 36.0. The lowest BCUT2D eigenvalue weighted by Crippen LogP contribution is -2.46. The number of hydrogen-bond acceptors (Lipinski definition) is 4. The van der Waals surface area contributed by atoms with Crippen molar-refractivity contribution in [3.8, 4) is 0 Å². The number of aliphatic hydroxyl groups excluding tert-OH is 1. The summed E-state index contributed by atoms with van der Waals surface area (Å²) < 4.78 is 32.2. The van der Waals surface area contributed by atoms with Gasteiger partial charge in [0.15, 0.2) is 0 Å². The van der Waals surface area contributed by atoms with Crippen LogP contribution in [0.1, 0.15) is 174 Å². The van der Waals surface area contributed by atoms with Crippen LogP contribution in [0.5, 0.6) is 0 Å². The van der Waals surface area contributed by atoms with Crippen LogP contribution in [0, 0.1) is 0 Å². The number of rotatable bonds is 31. The molecule has 0 bridgehead atoms. The van der Waals surface area contributed by atoms with Gasteiger partial charge in [-0.2, -0.15) is 8.42 Å². The Kier molecular flexibility index (Phi) is 29.0. The van der Waals surface area contributed by atoms with E-state index in [9.17, 15) is 22.9 Å². The lowest BCUT2D eigenvalue weighted by atomic mass is 10.0. The maximum Gasteiger partial charge on any atom is 0.267 e. The zero-order chi connectivity index (χ0) is 31.2. The van der Waals surface area contributed by atoms with Gasteiger partial charge in [-0.15, -0.1) is 0 Å². The number of carbonyl (C=O) groups is 1. The van der Waals surface area contributed by atoms with Gasteiger partial charge in [0.25, 0.3) is 10.1 Å². The second-order valence-electron chi connectivity index (χ2n) is 12.1. The topological polar surface area (TPSA) is 104 Å². The summed E-state index contributed by atoms with van der Waals surface area (Å²) in [6, 6.07) is -1.07.